The second-order valence-electron chi connectivity index (χ2n) is 8.15. The van der Waals surface area contributed by atoms with Crippen LogP contribution >= 0.6 is 0 Å². The Labute approximate surface area is 183 Å². The molecule has 0 radical (unpaired) electrons. The molecule has 1 aliphatic rings. The number of aryl methyl sites for hydroxylation is 1. The quantitative estimate of drug-likeness (QED) is 0.590. The normalized spacial score (nSPS) is 14.9. The minimum atomic E-state index is -0.269. The lowest BCUT2D eigenvalue weighted by atomic mass is 10.0. The molecular formula is C27H28N2O2. The fraction of sp³-hybridized carbons (Fsp3) is 0.259. The van der Waals surface area contributed by atoms with Crippen LogP contribution in [0, 0.1) is 6.92 Å². The largest absolute Gasteiger partial charge is 0.337 e. The van der Waals surface area contributed by atoms with Crippen molar-refractivity contribution in [2.45, 2.75) is 32.6 Å². The Balaban J connectivity index is 1.70. The van der Waals surface area contributed by atoms with Crippen LogP contribution in [-0.2, 0) is 4.79 Å². The Morgan fingerprint density at radius 3 is 2.26 bits per heavy atom. The van der Waals surface area contributed by atoms with Crippen molar-refractivity contribution in [1.82, 2.24) is 10.2 Å². The lowest BCUT2D eigenvalue weighted by Crippen LogP contribution is -2.39. The molecule has 0 aliphatic carbocycles. The highest BCUT2D eigenvalue weighted by atomic mass is 16.2. The number of benzene rings is 3. The van der Waals surface area contributed by atoms with E-state index >= 15 is 0 Å². The summed E-state index contributed by atoms with van der Waals surface area (Å²) in [5.74, 6) is -0.384. The fourth-order valence-corrected chi connectivity index (χ4v) is 4.03. The number of rotatable bonds is 4. The number of nitrogens with one attached hydrogen (secondary N) is 1. The average molecular weight is 413 g/mol. The van der Waals surface area contributed by atoms with Crippen LogP contribution in [0.15, 0.2) is 72.4 Å². The molecule has 0 unspecified atom stereocenters. The van der Waals surface area contributed by atoms with Gasteiger partial charge >= 0.3 is 0 Å². The van der Waals surface area contributed by atoms with Gasteiger partial charge in [-0.1, -0.05) is 73.0 Å². The molecule has 0 bridgehead atoms. The summed E-state index contributed by atoms with van der Waals surface area (Å²) in [5.41, 5.74) is 2.87. The highest BCUT2D eigenvalue weighted by Gasteiger charge is 2.22. The van der Waals surface area contributed by atoms with E-state index in [0.29, 0.717) is 11.3 Å². The number of carbonyl (C=O) groups is 2. The zero-order chi connectivity index (χ0) is 21.6. The highest BCUT2D eigenvalue weighted by Crippen LogP contribution is 2.22. The second kappa shape index (κ2) is 9.61. The van der Waals surface area contributed by atoms with E-state index in [0.717, 1.165) is 60.7 Å². The third-order valence-corrected chi connectivity index (χ3v) is 5.81. The lowest BCUT2D eigenvalue weighted by molar-refractivity contribution is -0.127. The zero-order valence-corrected chi connectivity index (χ0v) is 17.9. The molecule has 0 saturated carbocycles. The summed E-state index contributed by atoms with van der Waals surface area (Å²) in [6.45, 7) is 3.44. The third-order valence-electron chi connectivity index (χ3n) is 5.81. The number of amides is 2. The van der Waals surface area contributed by atoms with Gasteiger partial charge in [-0.25, -0.2) is 0 Å². The highest BCUT2D eigenvalue weighted by molar-refractivity contribution is 6.06. The molecule has 1 fully saturated rings. The summed E-state index contributed by atoms with van der Waals surface area (Å²) in [7, 11) is 0. The van der Waals surface area contributed by atoms with Gasteiger partial charge < -0.3 is 10.2 Å². The molecule has 0 spiro atoms. The van der Waals surface area contributed by atoms with Crippen LogP contribution in [-0.4, -0.2) is 29.8 Å². The first-order chi connectivity index (χ1) is 15.1. The van der Waals surface area contributed by atoms with E-state index in [1.807, 2.05) is 72.5 Å². The molecule has 158 valence electrons. The first-order valence-electron chi connectivity index (χ1n) is 11.0. The van der Waals surface area contributed by atoms with E-state index in [2.05, 4.69) is 5.32 Å². The summed E-state index contributed by atoms with van der Waals surface area (Å²) in [6.07, 6.45) is 6.10. The predicted molar refractivity (Wildman–Crippen MR) is 126 cm³/mol. The molecule has 0 aromatic heterocycles. The fourth-order valence-electron chi connectivity index (χ4n) is 4.03. The number of likely N-dealkylation sites (tertiary alicyclic amines) is 1. The molecule has 1 saturated heterocycles. The maximum atomic E-state index is 13.5. The molecule has 1 aliphatic heterocycles. The number of hydrogen-bond donors (Lipinski definition) is 1. The van der Waals surface area contributed by atoms with E-state index < -0.39 is 0 Å². The topological polar surface area (TPSA) is 49.4 Å². The van der Waals surface area contributed by atoms with Crippen molar-refractivity contribution in [2.24, 2.45) is 0 Å². The molecule has 1 heterocycles. The van der Waals surface area contributed by atoms with Gasteiger partial charge in [-0.15, -0.1) is 0 Å². The maximum absolute atomic E-state index is 13.5. The molecule has 4 nitrogen and oxygen atoms in total. The van der Waals surface area contributed by atoms with E-state index in [4.69, 9.17) is 0 Å². The first kappa shape index (κ1) is 20.9. The van der Waals surface area contributed by atoms with Gasteiger partial charge in [-0.05, 0) is 54.3 Å². The van der Waals surface area contributed by atoms with Crippen molar-refractivity contribution in [3.63, 3.8) is 0 Å². The van der Waals surface area contributed by atoms with Crippen LogP contribution in [0.1, 0.15) is 47.2 Å². The molecule has 3 aromatic carbocycles. The van der Waals surface area contributed by atoms with Gasteiger partial charge in [0.2, 0.25) is 0 Å². The molecule has 3 aromatic rings. The summed E-state index contributed by atoms with van der Waals surface area (Å²) in [4.78, 5) is 28.3. The monoisotopic (exact) mass is 412 g/mol. The van der Waals surface area contributed by atoms with Gasteiger partial charge in [-0.3, -0.25) is 9.59 Å². The summed E-state index contributed by atoms with van der Waals surface area (Å²) >= 11 is 0. The molecule has 2 amide bonds. The zero-order valence-electron chi connectivity index (χ0n) is 17.9. The first-order valence-corrected chi connectivity index (χ1v) is 11.0. The summed E-state index contributed by atoms with van der Waals surface area (Å²) in [6, 6.07) is 21.5. The van der Waals surface area contributed by atoms with Crippen molar-refractivity contribution in [2.75, 3.05) is 13.1 Å². The molecule has 4 heteroatoms. The Kier molecular flexibility index (Phi) is 6.46. The summed E-state index contributed by atoms with van der Waals surface area (Å²) in [5, 5.41) is 5.07. The Morgan fingerprint density at radius 2 is 1.52 bits per heavy atom. The Morgan fingerprint density at radius 1 is 0.839 bits per heavy atom. The van der Waals surface area contributed by atoms with E-state index in [9.17, 15) is 9.59 Å². The van der Waals surface area contributed by atoms with Crippen LogP contribution in [0.25, 0.3) is 16.8 Å². The standard InChI is InChI=1S/C27H28N2O2/c1-20-13-15-22(16-14-20)26(30)28-25(27(31)29-17-6-2-3-7-18-29)19-23-11-8-10-21-9-4-5-12-24(21)23/h4-5,8-16,19H,2-3,6-7,17-18H2,1H3,(H,28,30)/b25-19+. The predicted octanol–water partition coefficient (Wildman–Crippen LogP) is 5.32. The van der Waals surface area contributed by atoms with E-state index in [1.54, 1.807) is 12.1 Å². The number of hydrogen-bond acceptors (Lipinski definition) is 2. The van der Waals surface area contributed by atoms with E-state index in [-0.39, 0.29) is 11.8 Å². The molecule has 31 heavy (non-hydrogen) atoms. The van der Waals surface area contributed by atoms with Crippen molar-refractivity contribution in [1.29, 1.82) is 0 Å². The summed E-state index contributed by atoms with van der Waals surface area (Å²) < 4.78 is 0. The van der Waals surface area contributed by atoms with E-state index in [1.165, 1.54) is 0 Å². The van der Waals surface area contributed by atoms with Crippen LogP contribution in [0.4, 0.5) is 0 Å². The van der Waals surface area contributed by atoms with Crippen LogP contribution in [0.5, 0.6) is 0 Å². The van der Waals surface area contributed by atoms with Gasteiger partial charge in [0.1, 0.15) is 5.70 Å². The molecule has 1 N–H and O–H groups in total. The van der Waals surface area contributed by atoms with Crippen molar-refractivity contribution >= 4 is 28.7 Å². The van der Waals surface area contributed by atoms with Gasteiger partial charge in [0.15, 0.2) is 0 Å². The molecular weight excluding hydrogens is 384 g/mol. The van der Waals surface area contributed by atoms with Gasteiger partial charge in [0, 0.05) is 18.7 Å². The molecule has 4 rings (SSSR count). The van der Waals surface area contributed by atoms with Gasteiger partial charge in [0.05, 0.1) is 0 Å². The van der Waals surface area contributed by atoms with Crippen molar-refractivity contribution in [3.05, 3.63) is 89.1 Å². The number of nitrogens with zero attached hydrogens (tertiary/aromatic N) is 1. The smallest absolute Gasteiger partial charge is 0.270 e. The number of carbonyl (C=O) groups excluding carboxylic acids is 2. The van der Waals surface area contributed by atoms with Gasteiger partial charge in [0.25, 0.3) is 11.8 Å². The van der Waals surface area contributed by atoms with Crippen molar-refractivity contribution < 1.29 is 9.59 Å². The van der Waals surface area contributed by atoms with Gasteiger partial charge in [-0.2, -0.15) is 0 Å². The number of fused-ring (bicyclic) bond motifs is 1. The SMILES string of the molecule is Cc1ccc(C(=O)N/C(=C/c2cccc3ccccc23)C(=O)N2CCCCCC2)cc1. The van der Waals surface area contributed by atoms with Crippen molar-refractivity contribution in [3.8, 4) is 0 Å². The Bertz CT molecular complexity index is 1100. The average Bonchev–Trinajstić information content (AvgIpc) is 3.08. The minimum absolute atomic E-state index is 0.115. The second-order valence-corrected chi connectivity index (χ2v) is 8.15. The maximum Gasteiger partial charge on any atom is 0.270 e. The molecule has 0 atom stereocenters. The Hall–Kier alpha value is -3.40. The van der Waals surface area contributed by atoms with Crippen LogP contribution < -0.4 is 5.32 Å². The van der Waals surface area contributed by atoms with Crippen LogP contribution in [0.2, 0.25) is 0 Å². The third kappa shape index (κ3) is 5.02. The minimum Gasteiger partial charge on any atom is -0.337 e. The lowest BCUT2D eigenvalue weighted by Gasteiger charge is -2.22. The van der Waals surface area contributed by atoms with Crippen LogP contribution in [0.3, 0.4) is 0 Å².